The molecule has 0 nitrogen and oxygen atoms in total. The van der Waals surface area contributed by atoms with Crippen molar-refractivity contribution in [2.75, 3.05) is 0 Å². The van der Waals surface area contributed by atoms with Crippen molar-refractivity contribution in [3.05, 3.63) is 0 Å². The number of hydrogen-bond acceptors (Lipinski definition) is 0. The molecule has 0 N–H and O–H groups in total. The van der Waals surface area contributed by atoms with Gasteiger partial charge in [-0.3, -0.25) is 0 Å². The molecule has 0 bridgehead atoms. The maximum absolute atomic E-state index is 2.60. The van der Waals surface area contributed by atoms with E-state index in [1.54, 1.807) is 0 Å². The van der Waals surface area contributed by atoms with Gasteiger partial charge in [-0.05, 0) is 76.4 Å². The Morgan fingerprint density at radius 2 is 0.640 bits per heavy atom. The minimum atomic E-state index is 0.411. The molecule has 10 atom stereocenters. The molecular weight excluding hydrogens is 300 g/mol. The van der Waals surface area contributed by atoms with E-state index in [1.807, 2.05) is 0 Å². The highest BCUT2D eigenvalue weighted by Crippen LogP contribution is 2.58. The van der Waals surface area contributed by atoms with E-state index in [0.717, 1.165) is 71.0 Å². The van der Waals surface area contributed by atoms with Crippen LogP contribution in [0.4, 0.5) is 0 Å². The highest BCUT2D eigenvalue weighted by atomic mass is 14.6. The average Bonchev–Trinajstić information content (AvgIpc) is 2.86. The summed E-state index contributed by atoms with van der Waals surface area (Å²) in [5, 5.41) is 0. The van der Waals surface area contributed by atoms with Crippen molar-refractivity contribution in [1.29, 1.82) is 0 Å². The number of hydrogen-bond donors (Lipinski definition) is 0. The lowest BCUT2D eigenvalue weighted by molar-refractivity contribution is 0.00600. The van der Waals surface area contributed by atoms with Crippen molar-refractivity contribution in [2.45, 2.75) is 83.1 Å². The van der Waals surface area contributed by atoms with Crippen LogP contribution in [0.25, 0.3) is 0 Å². The second-order valence-corrected chi connectivity index (χ2v) is 11.4. The Morgan fingerprint density at radius 3 is 0.840 bits per heavy atom. The Bertz CT molecular complexity index is 381. The van der Waals surface area contributed by atoms with Crippen LogP contribution in [0.2, 0.25) is 0 Å². The van der Waals surface area contributed by atoms with Gasteiger partial charge in [-0.25, -0.2) is 0 Å². The van der Waals surface area contributed by atoms with Crippen molar-refractivity contribution < 1.29 is 0 Å². The molecule has 2 aliphatic rings. The first-order valence-electron chi connectivity index (χ1n) is 11.4. The second kappa shape index (κ2) is 7.20. The molecule has 10 unspecified atom stereocenters. The summed E-state index contributed by atoms with van der Waals surface area (Å²) in [6, 6.07) is 0. The molecule has 148 valence electrons. The fourth-order valence-corrected chi connectivity index (χ4v) is 7.50. The zero-order chi connectivity index (χ0) is 19.4. The zero-order valence-electron chi connectivity index (χ0n) is 19.4. The van der Waals surface area contributed by atoms with Crippen LogP contribution in [0.3, 0.4) is 0 Å². The first kappa shape index (κ1) is 21.3. The minimum Gasteiger partial charge on any atom is -0.0620 e. The maximum atomic E-state index is 2.60. The van der Waals surface area contributed by atoms with Gasteiger partial charge in [-0.15, -0.1) is 0 Å². The van der Waals surface area contributed by atoms with E-state index in [4.69, 9.17) is 0 Å². The predicted octanol–water partition coefficient (Wildman–Crippen LogP) is 7.63. The third-order valence-electron chi connectivity index (χ3n) is 10.9. The highest BCUT2D eigenvalue weighted by molar-refractivity contribution is 5.00. The molecular formula is C25H48. The Kier molecular flexibility index (Phi) is 6.13. The fraction of sp³-hybridized carbons (Fsp3) is 1.00. The molecule has 0 saturated heterocycles. The van der Waals surface area contributed by atoms with Gasteiger partial charge in [0, 0.05) is 0 Å². The standard InChI is InChI=1S/C25H48/c1-13-14(2)18(6)23(17(13)5)21(9)25(11,12)22(10)24-19(7)15(3)16(4)20(24)8/h13-24H,1-12H3. The Balaban J connectivity index is 2.25. The SMILES string of the molecule is CC1C(C)C(C)C(C(C)C(C)(C)C(C)C2C(C)C(C)C(C)C2C)C1C. The minimum absolute atomic E-state index is 0.411. The molecule has 0 aliphatic heterocycles. The van der Waals surface area contributed by atoms with Crippen LogP contribution in [0, 0.1) is 76.4 Å². The molecule has 2 saturated carbocycles. The summed E-state index contributed by atoms with van der Waals surface area (Å²) >= 11 is 0. The van der Waals surface area contributed by atoms with Gasteiger partial charge in [-0.2, -0.15) is 0 Å². The van der Waals surface area contributed by atoms with Gasteiger partial charge in [0.15, 0.2) is 0 Å². The van der Waals surface area contributed by atoms with Crippen LogP contribution in [0.1, 0.15) is 83.1 Å². The molecule has 2 rings (SSSR count). The van der Waals surface area contributed by atoms with Gasteiger partial charge in [0.1, 0.15) is 0 Å². The smallest absolute Gasteiger partial charge is 0.0297 e. The number of rotatable bonds is 4. The maximum Gasteiger partial charge on any atom is -0.0297 e. The second-order valence-electron chi connectivity index (χ2n) is 11.4. The van der Waals surface area contributed by atoms with Crippen LogP contribution < -0.4 is 0 Å². The van der Waals surface area contributed by atoms with Crippen LogP contribution in [0.15, 0.2) is 0 Å². The Hall–Kier alpha value is 0. The van der Waals surface area contributed by atoms with Crippen LogP contribution in [-0.4, -0.2) is 0 Å². The van der Waals surface area contributed by atoms with Gasteiger partial charge in [-0.1, -0.05) is 83.1 Å². The zero-order valence-corrected chi connectivity index (χ0v) is 19.4. The Morgan fingerprint density at radius 1 is 0.440 bits per heavy atom. The summed E-state index contributed by atoms with van der Waals surface area (Å²) in [6.07, 6.45) is 0. The molecule has 0 aromatic heterocycles. The predicted molar refractivity (Wildman–Crippen MR) is 112 cm³/mol. The molecule has 25 heavy (non-hydrogen) atoms. The first-order valence-corrected chi connectivity index (χ1v) is 11.4. The fourth-order valence-electron chi connectivity index (χ4n) is 7.50. The van der Waals surface area contributed by atoms with E-state index in [2.05, 4.69) is 83.1 Å². The van der Waals surface area contributed by atoms with E-state index >= 15 is 0 Å². The lowest BCUT2D eigenvalue weighted by atomic mass is 9.57. The molecule has 0 radical (unpaired) electrons. The summed E-state index contributed by atoms with van der Waals surface area (Å²) in [5.41, 5.74) is 0.411. The molecule has 0 heteroatoms. The van der Waals surface area contributed by atoms with Crippen molar-refractivity contribution in [1.82, 2.24) is 0 Å². The summed E-state index contributed by atoms with van der Waals surface area (Å²) in [5.74, 6) is 10.3. The van der Waals surface area contributed by atoms with Gasteiger partial charge < -0.3 is 0 Å². The lowest BCUT2D eigenvalue weighted by Gasteiger charge is -2.48. The molecule has 0 aromatic carbocycles. The Labute approximate surface area is 159 Å². The van der Waals surface area contributed by atoms with Gasteiger partial charge in [0.25, 0.3) is 0 Å². The normalized spacial score (nSPS) is 50.9. The third-order valence-corrected chi connectivity index (χ3v) is 10.9. The largest absolute Gasteiger partial charge is 0.0620 e. The molecule has 0 amide bonds. The first-order chi connectivity index (χ1) is 11.4. The van der Waals surface area contributed by atoms with E-state index in [9.17, 15) is 0 Å². The molecule has 2 fully saturated rings. The van der Waals surface area contributed by atoms with E-state index in [-0.39, 0.29) is 0 Å². The van der Waals surface area contributed by atoms with Crippen molar-refractivity contribution >= 4 is 0 Å². The van der Waals surface area contributed by atoms with Crippen LogP contribution in [0.5, 0.6) is 0 Å². The summed E-state index contributed by atoms with van der Waals surface area (Å²) in [6.45, 7) is 30.5. The van der Waals surface area contributed by atoms with Gasteiger partial charge in [0.2, 0.25) is 0 Å². The molecule has 0 spiro atoms. The molecule has 2 aliphatic carbocycles. The molecule has 0 heterocycles. The quantitative estimate of drug-likeness (QED) is 0.490. The van der Waals surface area contributed by atoms with Crippen LogP contribution >= 0.6 is 0 Å². The summed E-state index contributed by atoms with van der Waals surface area (Å²) in [4.78, 5) is 0. The van der Waals surface area contributed by atoms with Crippen molar-refractivity contribution in [2.24, 2.45) is 76.4 Å². The topological polar surface area (TPSA) is 0 Å². The third kappa shape index (κ3) is 3.23. The van der Waals surface area contributed by atoms with Crippen molar-refractivity contribution in [3.63, 3.8) is 0 Å². The van der Waals surface area contributed by atoms with E-state index in [1.165, 1.54) is 0 Å². The van der Waals surface area contributed by atoms with Gasteiger partial charge >= 0.3 is 0 Å². The van der Waals surface area contributed by atoms with Gasteiger partial charge in [0.05, 0.1) is 0 Å². The van der Waals surface area contributed by atoms with E-state index in [0.29, 0.717) is 5.41 Å². The summed E-state index contributed by atoms with van der Waals surface area (Å²) in [7, 11) is 0. The highest BCUT2D eigenvalue weighted by Gasteiger charge is 2.52. The van der Waals surface area contributed by atoms with E-state index < -0.39 is 0 Å². The van der Waals surface area contributed by atoms with Crippen molar-refractivity contribution in [3.8, 4) is 0 Å². The molecule has 0 aromatic rings. The van der Waals surface area contributed by atoms with Crippen LogP contribution in [-0.2, 0) is 0 Å². The lowest BCUT2D eigenvalue weighted by Crippen LogP contribution is -2.42. The average molecular weight is 349 g/mol. The summed E-state index contributed by atoms with van der Waals surface area (Å²) < 4.78 is 0. The monoisotopic (exact) mass is 348 g/mol.